The van der Waals surface area contributed by atoms with E-state index in [0.717, 1.165) is 40.9 Å². The largest absolute Gasteiger partial charge is 0.465 e. The summed E-state index contributed by atoms with van der Waals surface area (Å²) < 4.78 is 6.17. The van der Waals surface area contributed by atoms with Crippen molar-refractivity contribution in [3.05, 3.63) is 144 Å². The predicted octanol–water partition coefficient (Wildman–Crippen LogP) is 8.09. The van der Waals surface area contributed by atoms with Crippen molar-refractivity contribution in [2.75, 3.05) is 13.1 Å². The number of carboxylic acid groups (broad SMARTS) is 2. The van der Waals surface area contributed by atoms with Crippen molar-refractivity contribution in [3.8, 4) is 34.0 Å². The molecule has 2 fully saturated rings. The van der Waals surface area contributed by atoms with Gasteiger partial charge in [0, 0.05) is 13.1 Å². The average Bonchev–Trinajstić information content (AvgIpc) is 4.10. The standard InChI is InChI=1S/C46H46N8O7/c1-28-10-6-7-13-34(28)46(2,52-45(59)60)43(56)54-25-9-15-38(54)41-48-27-36(50-41)30-18-22-33(23-19-30)61-32-20-16-29(17-21-32)35-26-47-40(49-35)37-14-8-24-53(37)42(55)39(51-44(57)58)31-11-4-3-5-12-31/h3-7,10-13,16-23,26-27,37-39,51-52H,8-9,14-15,24-25H2,1-2H3,(H,47,49)(H,48,50)(H,57,58)(H,59,60)/t37?,38-,39?,46+/m0/s1. The number of hydrogen-bond acceptors (Lipinski definition) is 7. The van der Waals surface area contributed by atoms with Gasteiger partial charge in [0.1, 0.15) is 34.7 Å². The molecule has 0 spiro atoms. The Balaban J connectivity index is 0.909. The van der Waals surface area contributed by atoms with Crippen molar-refractivity contribution in [3.63, 3.8) is 0 Å². The molecule has 15 nitrogen and oxygen atoms in total. The molecule has 2 aliphatic rings. The lowest BCUT2D eigenvalue weighted by Crippen LogP contribution is -2.55. The summed E-state index contributed by atoms with van der Waals surface area (Å²) in [5.74, 6) is 1.88. The van der Waals surface area contributed by atoms with Crippen LogP contribution in [0.25, 0.3) is 22.5 Å². The second-order valence-corrected chi connectivity index (χ2v) is 15.5. The topological polar surface area (TPSA) is 206 Å². The number of likely N-dealkylation sites (tertiary alicyclic amines) is 2. The van der Waals surface area contributed by atoms with Crippen molar-refractivity contribution in [1.82, 2.24) is 40.4 Å². The van der Waals surface area contributed by atoms with E-state index in [0.29, 0.717) is 60.2 Å². The van der Waals surface area contributed by atoms with Crippen LogP contribution in [0.3, 0.4) is 0 Å². The molecule has 15 heteroatoms. The lowest BCUT2D eigenvalue weighted by Gasteiger charge is -2.36. The Bertz CT molecular complexity index is 2540. The van der Waals surface area contributed by atoms with Crippen LogP contribution in [-0.4, -0.2) is 77.0 Å². The molecule has 2 saturated heterocycles. The summed E-state index contributed by atoms with van der Waals surface area (Å²) in [5, 5.41) is 24.1. The molecule has 2 unspecified atom stereocenters. The zero-order valence-corrected chi connectivity index (χ0v) is 33.7. The smallest absolute Gasteiger partial charge is 0.405 e. The minimum atomic E-state index is -1.48. The van der Waals surface area contributed by atoms with Gasteiger partial charge in [-0.2, -0.15) is 0 Å². The van der Waals surface area contributed by atoms with Crippen molar-refractivity contribution < 1.29 is 34.1 Å². The summed E-state index contributed by atoms with van der Waals surface area (Å²) in [7, 11) is 0. The van der Waals surface area contributed by atoms with Gasteiger partial charge in [-0.25, -0.2) is 19.6 Å². The van der Waals surface area contributed by atoms with E-state index in [-0.39, 0.29) is 23.9 Å². The summed E-state index contributed by atoms with van der Waals surface area (Å²) in [4.78, 5) is 70.9. The van der Waals surface area contributed by atoms with Crippen LogP contribution in [0.2, 0.25) is 0 Å². The molecule has 0 bridgehead atoms. The van der Waals surface area contributed by atoms with Crippen LogP contribution in [-0.2, 0) is 15.1 Å². The SMILES string of the molecule is Cc1ccccc1[C@@](C)(NC(=O)O)C(=O)N1CCC[C@H]1c1ncc(-c2ccc(Oc3ccc(-c4cnc(C5CCCN5C(=O)C(NC(=O)O)c5ccccc5)[nH]4)cc3)cc2)[nH]1. The molecule has 0 saturated carbocycles. The molecule has 0 aliphatic carbocycles. The zero-order valence-electron chi connectivity index (χ0n) is 33.7. The van der Waals surface area contributed by atoms with Gasteiger partial charge in [0.15, 0.2) is 0 Å². The molecule has 2 aliphatic heterocycles. The van der Waals surface area contributed by atoms with Crippen molar-refractivity contribution in [2.45, 2.75) is 63.2 Å². The van der Waals surface area contributed by atoms with Crippen LogP contribution >= 0.6 is 0 Å². The summed E-state index contributed by atoms with van der Waals surface area (Å²) >= 11 is 0. The minimum Gasteiger partial charge on any atom is -0.465 e. The predicted molar refractivity (Wildman–Crippen MR) is 226 cm³/mol. The summed E-state index contributed by atoms with van der Waals surface area (Å²) in [6.45, 7) is 4.45. The third-order valence-electron chi connectivity index (χ3n) is 11.6. The molecule has 61 heavy (non-hydrogen) atoms. The van der Waals surface area contributed by atoms with Crippen LogP contribution in [0.15, 0.2) is 116 Å². The first-order valence-electron chi connectivity index (χ1n) is 20.2. The first-order chi connectivity index (χ1) is 29.5. The zero-order chi connectivity index (χ0) is 42.7. The van der Waals surface area contributed by atoms with Crippen LogP contribution in [0.4, 0.5) is 9.59 Å². The number of aromatic amines is 2. The lowest BCUT2D eigenvalue weighted by atomic mass is 9.87. The van der Waals surface area contributed by atoms with Gasteiger partial charge in [-0.15, -0.1) is 0 Å². The Labute approximate surface area is 351 Å². The molecule has 6 N–H and O–H groups in total. The van der Waals surface area contributed by atoms with Crippen LogP contribution in [0.1, 0.15) is 79.1 Å². The highest BCUT2D eigenvalue weighted by Gasteiger charge is 2.45. The number of rotatable bonds is 12. The molecular weight excluding hydrogens is 777 g/mol. The number of aromatic nitrogens is 4. The third kappa shape index (κ3) is 8.40. The van der Waals surface area contributed by atoms with Crippen molar-refractivity contribution in [1.29, 1.82) is 0 Å². The number of imidazole rings is 2. The highest BCUT2D eigenvalue weighted by molar-refractivity contribution is 5.91. The molecule has 4 heterocycles. The van der Waals surface area contributed by atoms with Crippen molar-refractivity contribution in [2.24, 2.45) is 0 Å². The van der Waals surface area contributed by atoms with Gasteiger partial charge in [-0.1, -0.05) is 54.6 Å². The van der Waals surface area contributed by atoms with Gasteiger partial charge >= 0.3 is 12.2 Å². The Hall–Kier alpha value is -7.42. The Morgan fingerprint density at radius 1 is 0.721 bits per heavy atom. The van der Waals surface area contributed by atoms with Gasteiger partial charge in [0.25, 0.3) is 11.8 Å². The highest BCUT2D eigenvalue weighted by atomic mass is 16.5. The van der Waals surface area contributed by atoms with E-state index in [4.69, 9.17) is 4.74 Å². The van der Waals surface area contributed by atoms with Crippen LogP contribution in [0.5, 0.6) is 11.5 Å². The van der Waals surface area contributed by atoms with E-state index < -0.39 is 23.8 Å². The molecule has 4 aromatic carbocycles. The molecule has 312 valence electrons. The number of hydrogen-bond donors (Lipinski definition) is 6. The maximum atomic E-state index is 14.2. The monoisotopic (exact) mass is 822 g/mol. The quantitative estimate of drug-likeness (QED) is 0.0705. The number of benzene rings is 4. The summed E-state index contributed by atoms with van der Waals surface area (Å²) in [6.07, 6.45) is 3.83. The number of carbonyl (C=O) groups is 4. The summed E-state index contributed by atoms with van der Waals surface area (Å²) in [5.41, 5.74) is 3.81. The van der Waals surface area contributed by atoms with E-state index in [9.17, 15) is 29.4 Å². The maximum absolute atomic E-state index is 14.2. The molecule has 8 rings (SSSR count). The number of H-pyrrole nitrogens is 2. The second kappa shape index (κ2) is 17.0. The molecule has 4 atom stereocenters. The molecule has 4 amide bonds. The van der Waals surface area contributed by atoms with E-state index in [2.05, 4.69) is 30.6 Å². The van der Waals surface area contributed by atoms with Gasteiger partial charge in [-0.05, 0) is 116 Å². The third-order valence-corrected chi connectivity index (χ3v) is 11.6. The molecule has 6 aromatic rings. The Morgan fingerprint density at radius 3 is 1.79 bits per heavy atom. The average molecular weight is 823 g/mol. The van der Waals surface area contributed by atoms with E-state index >= 15 is 0 Å². The van der Waals surface area contributed by atoms with Gasteiger partial charge in [-0.3, -0.25) is 9.59 Å². The van der Waals surface area contributed by atoms with Gasteiger partial charge in [0.05, 0.1) is 35.9 Å². The van der Waals surface area contributed by atoms with Crippen LogP contribution in [0, 0.1) is 6.92 Å². The maximum Gasteiger partial charge on any atom is 0.405 e. The van der Waals surface area contributed by atoms with E-state index in [1.807, 2.05) is 73.7 Å². The first-order valence-corrected chi connectivity index (χ1v) is 20.2. The number of ether oxygens (including phenoxy) is 1. The van der Waals surface area contributed by atoms with E-state index in [1.54, 1.807) is 65.5 Å². The minimum absolute atomic E-state index is 0.322. The first kappa shape index (κ1) is 40.4. The number of nitrogens with one attached hydrogen (secondary N) is 4. The Kier molecular flexibility index (Phi) is 11.3. The molecular formula is C46H46N8O7. The fourth-order valence-electron chi connectivity index (χ4n) is 8.55. The number of nitrogens with zero attached hydrogens (tertiary/aromatic N) is 4. The fourth-order valence-corrected chi connectivity index (χ4v) is 8.55. The Morgan fingerprint density at radius 2 is 1.25 bits per heavy atom. The molecule has 0 radical (unpaired) electrons. The lowest BCUT2D eigenvalue weighted by molar-refractivity contribution is -0.139. The second-order valence-electron chi connectivity index (χ2n) is 15.5. The normalized spacial score (nSPS) is 17.7. The van der Waals surface area contributed by atoms with Gasteiger partial charge < -0.3 is 45.4 Å². The van der Waals surface area contributed by atoms with E-state index in [1.165, 1.54) is 0 Å². The van der Waals surface area contributed by atoms with Crippen LogP contribution < -0.4 is 15.4 Å². The van der Waals surface area contributed by atoms with Crippen molar-refractivity contribution >= 4 is 24.0 Å². The number of amides is 4. The number of carbonyl (C=O) groups excluding carboxylic acids is 2. The molecule has 2 aromatic heterocycles. The number of aryl methyl sites for hydroxylation is 1. The van der Waals surface area contributed by atoms with Gasteiger partial charge in [0.2, 0.25) is 0 Å². The fraction of sp³-hybridized carbons (Fsp3) is 0.261. The summed E-state index contributed by atoms with van der Waals surface area (Å²) in [6, 6.07) is 29.6. The highest BCUT2D eigenvalue weighted by Crippen LogP contribution is 2.38.